The maximum Gasteiger partial charge on any atom is 0.0335 e. The SMILES string of the molecule is CCCC(C)Cn1ccc(C(CCC)NCC)c1. The summed E-state index contributed by atoms with van der Waals surface area (Å²) in [4.78, 5) is 0. The minimum Gasteiger partial charge on any atom is -0.354 e. The summed E-state index contributed by atoms with van der Waals surface area (Å²) < 4.78 is 2.36. The van der Waals surface area contributed by atoms with Gasteiger partial charge in [0.1, 0.15) is 0 Å². The molecule has 0 aromatic carbocycles. The average Bonchev–Trinajstić information content (AvgIpc) is 2.77. The van der Waals surface area contributed by atoms with Crippen molar-refractivity contribution in [1.82, 2.24) is 9.88 Å². The number of hydrogen-bond acceptors (Lipinski definition) is 1. The normalized spacial score (nSPS) is 14.7. The van der Waals surface area contributed by atoms with Gasteiger partial charge in [-0.1, -0.05) is 40.5 Å². The van der Waals surface area contributed by atoms with Crippen LogP contribution >= 0.6 is 0 Å². The zero-order valence-electron chi connectivity index (χ0n) is 12.6. The third kappa shape index (κ3) is 4.85. The standard InChI is InChI=1S/C16H30N2/c1-5-8-14(4)12-18-11-10-15(13-18)16(9-6-2)17-7-3/h10-11,13-14,16-17H,5-9,12H2,1-4H3. The van der Waals surface area contributed by atoms with Crippen molar-refractivity contribution in [2.45, 2.75) is 66.0 Å². The topological polar surface area (TPSA) is 17.0 Å². The first-order valence-electron chi connectivity index (χ1n) is 7.60. The van der Waals surface area contributed by atoms with Crippen LogP contribution in [0.3, 0.4) is 0 Å². The molecular formula is C16H30N2. The molecule has 0 aliphatic heterocycles. The van der Waals surface area contributed by atoms with Crippen LogP contribution in [0.25, 0.3) is 0 Å². The number of nitrogens with one attached hydrogen (secondary N) is 1. The Kier molecular flexibility index (Phi) is 7.11. The van der Waals surface area contributed by atoms with E-state index in [2.05, 4.69) is 56.0 Å². The minimum atomic E-state index is 0.530. The molecule has 0 fully saturated rings. The molecule has 1 aromatic rings. The van der Waals surface area contributed by atoms with Gasteiger partial charge in [-0.05, 0) is 36.9 Å². The van der Waals surface area contributed by atoms with Crippen molar-refractivity contribution in [2.75, 3.05) is 6.54 Å². The van der Waals surface area contributed by atoms with Gasteiger partial charge in [-0.25, -0.2) is 0 Å². The van der Waals surface area contributed by atoms with Crippen LogP contribution in [0, 0.1) is 5.92 Å². The van der Waals surface area contributed by atoms with Gasteiger partial charge in [0.25, 0.3) is 0 Å². The molecule has 1 aromatic heterocycles. The summed E-state index contributed by atoms with van der Waals surface area (Å²) in [6.45, 7) is 11.2. The fourth-order valence-electron chi connectivity index (χ4n) is 2.64. The molecule has 2 unspecified atom stereocenters. The summed E-state index contributed by atoms with van der Waals surface area (Å²) in [5, 5.41) is 3.58. The Hall–Kier alpha value is -0.760. The smallest absolute Gasteiger partial charge is 0.0335 e. The first-order chi connectivity index (χ1) is 8.71. The van der Waals surface area contributed by atoms with E-state index < -0.39 is 0 Å². The van der Waals surface area contributed by atoms with Gasteiger partial charge in [-0.3, -0.25) is 0 Å². The molecule has 104 valence electrons. The van der Waals surface area contributed by atoms with Crippen molar-refractivity contribution in [3.8, 4) is 0 Å². The Morgan fingerprint density at radius 2 is 1.89 bits per heavy atom. The zero-order chi connectivity index (χ0) is 13.4. The van der Waals surface area contributed by atoms with Crippen molar-refractivity contribution in [1.29, 1.82) is 0 Å². The monoisotopic (exact) mass is 250 g/mol. The van der Waals surface area contributed by atoms with E-state index in [-0.39, 0.29) is 0 Å². The summed E-state index contributed by atoms with van der Waals surface area (Å²) in [5.74, 6) is 0.777. The maximum atomic E-state index is 3.58. The van der Waals surface area contributed by atoms with Crippen LogP contribution in [0.5, 0.6) is 0 Å². The van der Waals surface area contributed by atoms with Crippen LogP contribution in [-0.2, 0) is 6.54 Å². The summed E-state index contributed by atoms with van der Waals surface area (Å²) >= 11 is 0. The van der Waals surface area contributed by atoms with Gasteiger partial charge in [0.15, 0.2) is 0 Å². The second kappa shape index (κ2) is 8.36. The molecule has 18 heavy (non-hydrogen) atoms. The highest BCUT2D eigenvalue weighted by atomic mass is 15.0. The molecule has 2 nitrogen and oxygen atoms in total. The predicted octanol–water partition coefficient (Wildman–Crippen LogP) is 4.38. The molecule has 1 heterocycles. The van der Waals surface area contributed by atoms with Crippen LogP contribution in [-0.4, -0.2) is 11.1 Å². The van der Waals surface area contributed by atoms with E-state index in [4.69, 9.17) is 0 Å². The molecule has 2 heteroatoms. The van der Waals surface area contributed by atoms with Crippen LogP contribution in [0.15, 0.2) is 18.5 Å². The molecule has 0 saturated heterocycles. The molecule has 2 atom stereocenters. The molecule has 1 N–H and O–H groups in total. The van der Waals surface area contributed by atoms with Crippen LogP contribution in [0.2, 0.25) is 0 Å². The lowest BCUT2D eigenvalue weighted by Gasteiger charge is -2.16. The van der Waals surface area contributed by atoms with Crippen LogP contribution < -0.4 is 5.32 Å². The number of nitrogens with zero attached hydrogens (tertiary/aromatic N) is 1. The van der Waals surface area contributed by atoms with E-state index >= 15 is 0 Å². The molecular weight excluding hydrogens is 220 g/mol. The summed E-state index contributed by atoms with van der Waals surface area (Å²) in [6.07, 6.45) is 9.62. The quantitative estimate of drug-likeness (QED) is 0.688. The minimum absolute atomic E-state index is 0.530. The van der Waals surface area contributed by atoms with Crippen molar-refractivity contribution in [3.05, 3.63) is 24.0 Å². The van der Waals surface area contributed by atoms with E-state index in [0.717, 1.165) is 19.0 Å². The van der Waals surface area contributed by atoms with E-state index in [1.165, 1.54) is 31.2 Å². The van der Waals surface area contributed by atoms with Gasteiger partial charge in [0.2, 0.25) is 0 Å². The Bertz CT molecular complexity index is 311. The molecule has 0 aliphatic carbocycles. The first kappa shape index (κ1) is 15.3. The summed E-state index contributed by atoms with van der Waals surface area (Å²) in [6, 6.07) is 2.81. The third-order valence-corrected chi connectivity index (χ3v) is 3.51. The third-order valence-electron chi connectivity index (χ3n) is 3.51. The average molecular weight is 250 g/mol. The molecule has 0 radical (unpaired) electrons. The lowest BCUT2D eigenvalue weighted by Crippen LogP contribution is -2.20. The molecule has 0 saturated carbocycles. The van der Waals surface area contributed by atoms with Gasteiger partial charge >= 0.3 is 0 Å². The zero-order valence-corrected chi connectivity index (χ0v) is 12.6. The van der Waals surface area contributed by atoms with Gasteiger partial charge in [-0.2, -0.15) is 0 Å². The summed E-state index contributed by atoms with van der Waals surface area (Å²) in [5.41, 5.74) is 1.45. The summed E-state index contributed by atoms with van der Waals surface area (Å²) in [7, 11) is 0. The van der Waals surface area contributed by atoms with E-state index in [9.17, 15) is 0 Å². The van der Waals surface area contributed by atoms with Crippen molar-refractivity contribution in [3.63, 3.8) is 0 Å². The highest BCUT2D eigenvalue weighted by molar-refractivity contribution is 5.15. The number of rotatable bonds is 9. The van der Waals surface area contributed by atoms with Crippen molar-refractivity contribution in [2.24, 2.45) is 5.92 Å². The fraction of sp³-hybridized carbons (Fsp3) is 0.750. The van der Waals surface area contributed by atoms with Gasteiger partial charge in [-0.15, -0.1) is 0 Å². The van der Waals surface area contributed by atoms with Crippen LogP contribution in [0.1, 0.15) is 65.0 Å². The molecule has 0 spiro atoms. The van der Waals surface area contributed by atoms with Gasteiger partial charge in [0.05, 0.1) is 0 Å². The highest BCUT2D eigenvalue weighted by Crippen LogP contribution is 2.19. The molecule has 0 aliphatic rings. The lowest BCUT2D eigenvalue weighted by atomic mass is 10.1. The second-order valence-electron chi connectivity index (χ2n) is 5.43. The van der Waals surface area contributed by atoms with Gasteiger partial charge < -0.3 is 9.88 Å². The molecule has 0 bridgehead atoms. The predicted molar refractivity (Wildman–Crippen MR) is 79.8 cm³/mol. The van der Waals surface area contributed by atoms with E-state index in [1.807, 2.05) is 0 Å². The van der Waals surface area contributed by atoms with Gasteiger partial charge in [0, 0.05) is 25.0 Å². The Morgan fingerprint density at radius 1 is 1.17 bits per heavy atom. The molecule has 1 rings (SSSR count). The lowest BCUT2D eigenvalue weighted by molar-refractivity contribution is 0.444. The van der Waals surface area contributed by atoms with Crippen molar-refractivity contribution < 1.29 is 0 Å². The van der Waals surface area contributed by atoms with Crippen LogP contribution in [0.4, 0.5) is 0 Å². The Balaban J connectivity index is 2.59. The number of aromatic nitrogens is 1. The maximum absolute atomic E-state index is 3.58. The Labute approximate surface area is 113 Å². The number of hydrogen-bond donors (Lipinski definition) is 1. The fourth-order valence-corrected chi connectivity index (χ4v) is 2.64. The van der Waals surface area contributed by atoms with E-state index in [0.29, 0.717) is 6.04 Å². The van der Waals surface area contributed by atoms with E-state index in [1.54, 1.807) is 0 Å². The molecule has 0 amide bonds. The van der Waals surface area contributed by atoms with Crippen molar-refractivity contribution >= 4 is 0 Å². The second-order valence-corrected chi connectivity index (χ2v) is 5.43. The highest BCUT2D eigenvalue weighted by Gasteiger charge is 2.11. The largest absolute Gasteiger partial charge is 0.354 e. The first-order valence-corrected chi connectivity index (χ1v) is 7.60. The Morgan fingerprint density at radius 3 is 2.50 bits per heavy atom.